The molecule has 0 saturated carbocycles. The Labute approximate surface area is 196 Å². The van der Waals surface area contributed by atoms with Gasteiger partial charge in [-0.25, -0.2) is 0 Å². The zero-order valence-electron chi connectivity index (χ0n) is 17.5. The van der Waals surface area contributed by atoms with E-state index in [0.29, 0.717) is 17.3 Å². The van der Waals surface area contributed by atoms with Gasteiger partial charge in [0.2, 0.25) is 11.8 Å². The van der Waals surface area contributed by atoms with Gasteiger partial charge in [0.1, 0.15) is 6.04 Å². The first-order valence-electron chi connectivity index (χ1n) is 9.96. The van der Waals surface area contributed by atoms with Gasteiger partial charge in [-0.15, -0.1) is 11.8 Å². The molecule has 162 valence electrons. The molecule has 0 fully saturated rings. The summed E-state index contributed by atoms with van der Waals surface area (Å²) in [4.78, 5) is 27.4. The van der Waals surface area contributed by atoms with Crippen LogP contribution >= 0.6 is 39.3 Å². The van der Waals surface area contributed by atoms with Crippen molar-refractivity contribution in [3.63, 3.8) is 0 Å². The molecular weight excluding hydrogens is 484 g/mol. The Morgan fingerprint density at radius 1 is 1.13 bits per heavy atom. The van der Waals surface area contributed by atoms with Crippen molar-refractivity contribution in [3.8, 4) is 0 Å². The first-order chi connectivity index (χ1) is 14.3. The maximum atomic E-state index is 13.1. The zero-order valence-corrected chi connectivity index (χ0v) is 20.7. The maximum Gasteiger partial charge on any atom is 0.242 e. The summed E-state index contributed by atoms with van der Waals surface area (Å²) >= 11 is 11.1. The quantitative estimate of drug-likeness (QED) is 0.447. The number of nitrogens with one attached hydrogen (secondary N) is 1. The molecule has 0 heterocycles. The second-order valence-corrected chi connectivity index (χ2v) is 9.60. The van der Waals surface area contributed by atoms with Crippen molar-refractivity contribution in [2.75, 3.05) is 5.75 Å². The van der Waals surface area contributed by atoms with Crippen molar-refractivity contribution in [1.29, 1.82) is 0 Å². The number of hydrogen-bond acceptors (Lipinski definition) is 3. The molecule has 0 bridgehead atoms. The number of nitrogens with zero attached hydrogens (tertiary/aromatic N) is 1. The average Bonchev–Trinajstić information content (AvgIpc) is 2.72. The number of hydrogen-bond donors (Lipinski definition) is 1. The molecule has 0 unspecified atom stereocenters. The van der Waals surface area contributed by atoms with Gasteiger partial charge < -0.3 is 10.2 Å². The van der Waals surface area contributed by atoms with Crippen molar-refractivity contribution in [1.82, 2.24) is 10.2 Å². The van der Waals surface area contributed by atoms with Gasteiger partial charge in [-0.2, -0.15) is 0 Å². The number of halogens is 2. The van der Waals surface area contributed by atoms with Crippen molar-refractivity contribution in [2.45, 2.75) is 51.6 Å². The van der Waals surface area contributed by atoms with E-state index in [4.69, 9.17) is 11.6 Å². The smallest absolute Gasteiger partial charge is 0.242 e. The summed E-state index contributed by atoms with van der Waals surface area (Å²) in [5.41, 5.74) is 2.05. The van der Waals surface area contributed by atoms with Crippen LogP contribution in [0, 0.1) is 0 Å². The van der Waals surface area contributed by atoms with Crippen molar-refractivity contribution >= 4 is 51.1 Å². The van der Waals surface area contributed by atoms with Crippen LogP contribution in [0.15, 0.2) is 53.0 Å². The first kappa shape index (κ1) is 24.8. The van der Waals surface area contributed by atoms with Gasteiger partial charge in [-0.05, 0) is 55.7 Å². The molecule has 0 aromatic heterocycles. The molecule has 2 aromatic carbocycles. The SMILES string of the molecule is CC[C@H](C)NC(=O)[C@@H](C)N(Cc1cccc(Cl)c1)C(=O)CSCc1ccc(Br)cc1. The van der Waals surface area contributed by atoms with Gasteiger partial charge in [-0.1, -0.05) is 58.7 Å². The Balaban J connectivity index is 2.07. The monoisotopic (exact) mass is 510 g/mol. The van der Waals surface area contributed by atoms with Crippen molar-refractivity contribution < 1.29 is 9.59 Å². The molecule has 2 aromatic rings. The molecule has 0 radical (unpaired) electrons. The summed E-state index contributed by atoms with van der Waals surface area (Å²) in [5, 5.41) is 3.59. The minimum atomic E-state index is -0.571. The van der Waals surface area contributed by atoms with Gasteiger partial charge in [0.15, 0.2) is 0 Å². The second kappa shape index (κ2) is 12.4. The van der Waals surface area contributed by atoms with Crippen LogP contribution in [-0.2, 0) is 21.9 Å². The minimum absolute atomic E-state index is 0.0647. The molecule has 0 aliphatic rings. The highest BCUT2D eigenvalue weighted by atomic mass is 79.9. The summed E-state index contributed by atoms with van der Waals surface area (Å²) < 4.78 is 1.03. The summed E-state index contributed by atoms with van der Waals surface area (Å²) in [5.74, 6) is 0.830. The van der Waals surface area contributed by atoms with E-state index in [9.17, 15) is 9.59 Å². The number of thioether (sulfide) groups is 1. The molecule has 2 atom stereocenters. The number of rotatable bonds is 10. The van der Waals surface area contributed by atoms with E-state index in [2.05, 4.69) is 21.2 Å². The van der Waals surface area contributed by atoms with E-state index >= 15 is 0 Å². The normalized spacial score (nSPS) is 12.8. The lowest BCUT2D eigenvalue weighted by Gasteiger charge is -2.29. The standard InChI is InChI=1S/C23H28BrClN2O2S/c1-4-16(2)26-23(29)17(3)27(13-19-6-5-7-21(25)12-19)22(28)15-30-14-18-8-10-20(24)11-9-18/h5-12,16-17H,4,13-15H2,1-3H3,(H,26,29)/t16-,17+/m0/s1. The van der Waals surface area contributed by atoms with E-state index in [1.165, 1.54) is 0 Å². The predicted octanol–water partition coefficient (Wildman–Crippen LogP) is 5.67. The van der Waals surface area contributed by atoms with Gasteiger partial charge in [0.25, 0.3) is 0 Å². The van der Waals surface area contributed by atoms with Crippen LogP contribution < -0.4 is 5.32 Å². The fourth-order valence-corrected chi connectivity index (χ4v) is 4.15. The Morgan fingerprint density at radius 3 is 2.47 bits per heavy atom. The molecule has 30 heavy (non-hydrogen) atoms. The fourth-order valence-electron chi connectivity index (χ4n) is 2.80. The van der Waals surface area contributed by atoms with Gasteiger partial charge in [0, 0.05) is 27.8 Å². The molecule has 0 aliphatic heterocycles. The lowest BCUT2D eigenvalue weighted by Crippen LogP contribution is -2.50. The third-order valence-electron chi connectivity index (χ3n) is 4.82. The van der Waals surface area contributed by atoms with E-state index in [1.807, 2.05) is 56.3 Å². The van der Waals surface area contributed by atoms with Crippen molar-refractivity contribution in [2.24, 2.45) is 0 Å². The number of amides is 2. The van der Waals surface area contributed by atoms with Crippen LogP contribution in [0.5, 0.6) is 0 Å². The molecule has 7 heteroatoms. The van der Waals surface area contributed by atoms with Crippen LogP contribution in [0.2, 0.25) is 5.02 Å². The lowest BCUT2D eigenvalue weighted by atomic mass is 10.1. The molecular formula is C23H28BrClN2O2S. The maximum absolute atomic E-state index is 13.1. The molecule has 0 aliphatic carbocycles. The summed E-state index contributed by atoms with van der Waals surface area (Å²) in [6, 6.07) is 14.9. The summed E-state index contributed by atoms with van der Waals surface area (Å²) in [6.07, 6.45) is 0.837. The largest absolute Gasteiger partial charge is 0.352 e. The van der Waals surface area contributed by atoms with E-state index < -0.39 is 6.04 Å². The molecule has 0 spiro atoms. The van der Waals surface area contributed by atoms with Crippen LogP contribution in [0.3, 0.4) is 0 Å². The topological polar surface area (TPSA) is 49.4 Å². The Hall–Kier alpha value is -1.50. The van der Waals surface area contributed by atoms with Gasteiger partial charge in [0.05, 0.1) is 5.75 Å². The number of carbonyl (C=O) groups excluding carboxylic acids is 2. The van der Waals surface area contributed by atoms with Crippen LogP contribution in [0.4, 0.5) is 0 Å². The van der Waals surface area contributed by atoms with Gasteiger partial charge >= 0.3 is 0 Å². The summed E-state index contributed by atoms with van der Waals surface area (Å²) in [6.45, 7) is 6.10. The minimum Gasteiger partial charge on any atom is -0.352 e. The highest BCUT2D eigenvalue weighted by Crippen LogP contribution is 2.19. The zero-order chi connectivity index (χ0) is 22.1. The van der Waals surface area contributed by atoms with Crippen molar-refractivity contribution in [3.05, 3.63) is 69.2 Å². The van der Waals surface area contributed by atoms with E-state index in [0.717, 1.165) is 27.8 Å². The van der Waals surface area contributed by atoms with Gasteiger partial charge in [-0.3, -0.25) is 9.59 Å². The van der Waals surface area contributed by atoms with Crippen LogP contribution in [0.25, 0.3) is 0 Å². The van der Waals surface area contributed by atoms with E-state index in [1.54, 1.807) is 29.7 Å². The average molecular weight is 512 g/mol. The first-order valence-corrected chi connectivity index (χ1v) is 12.3. The van der Waals surface area contributed by atoms with Crippen LogP contribution in [0.1, 0.15) is 38.3 Å². The number of carbonyl (C=O) groups is 2. The third-order valence-corrected chi connectivity index (χ3v) is 6.57. The predicted molar refractivity (Wildman–Crippen MR) is 130 cm³/mol. The molecule has 4 nitrogen and oxygen atoms in total. The second-order valence-electron chi connectivity index (χ2n) is 7.26. The molecule has 2 rings (SSSR count). The lowest BCUT2D eigenvalue weighted by molar-refractivity contribution is -0.138. The third kappa shape index (κ3) is 7.97. The highest BCUT2D eigenvalue weighted by Gasteiger charge is 2.26. The Bertz CT molecular complexity index is 847. The molecule has 1 N–H and O–H groups in total. The Kier molecular flexibility index (Phi) is 10.2. The highest BCUT2D eigenvalue weighted by molar-refractivity contribution is 9.10. The van der Waals surface area contributed by atoms with Crippen LogP contribution in [-0.4, -0.2) is 34.6 Å². The van der Waals surface area contributed by atoms with E-state index in [-0.39, 0.29) is 17.9 Å². The fraction of sp³-hybridized carbons (Fsp3) is 0.391. The molecule has 0 saturated heterocycles. The summed E-state index contributed by atoms with van der Waals surface area (Å²) in [7, 11) is 0. The Morgan fingerprint density at radius 2 is 1.83 bits per heavy atom. The number of benzene rings is 2. The molecule has 2 amide bonds.